The fraction of sp³-hybridized carbons (Fsp3) is 0.214. The predicted octanol–water partition coefficient (Wildman–Crippen LogP) is 5.58. The number of rotatable bonds is 6. The maximum Gasteiger partial charge on any atom is 0.271 e. The van der Waals surface area contributed by atoms with Gasteiger partial charge in [-0.2, -0.15) is 0 Å². The Labute approximate surface area is 223 Å². The van der Waals surface area contributed by atoms with Crippen molar-refractivity contribution in [2.45, 2.75) is 32.2 Å². The van der Waals surface area contributed by atoms with Crippen LogP contribution in [0.3, 0.4) is 0 Å². The number of ether oxygens (including phenoxy) is 2. The fourth-order valence-corrected chi connectivity index (χ4v) is 7.10. The minimum Gasteiger partial charge on any atom is -0.496 e. The number of morpholine rings is 1. The standard InChI is InChI=1S/C28H26N4O3S2/c1-34-22-9-11-29-15-18(22)16-31-19-7-8-24-26(14-19)36-25-6-2-4-20(27(25)37-24)23-17-32(12-13-35-23)21-5-3-10-30-28(21)33/h2-11,14-15,23,31H,12-13,16-17H2,1H3,(H,30,33). The van der Waals surface area contributed by atoms with Crippen molar-refractivity contribution >= 4 is 34.9 Å². The van der Waals surface area contributed by atoms with E-state index in [1.54, 1.807) is 43.0 Å². The minimum atomic E-state index is -0.103. The van der Waals surface area contributed by atoms with Gasteiger partial charge in [-0.05, 0) is 48.0 Å². The van der Waals surface area contributed by atoms with Crippen LogP contribution in [0.25, 0.3) is 0 Å². The van der Waals surface area contributed by atoms with E-state index in [-0.39, 0.29) is 11.7 Å². The van der Waals surface area contributed by atoms with Crippen LogP contribution in [0.1, 0.15) is 17.2 Å². The molecule has 9 heteroatoms. The van der Waals surface area contributed by atoms with Crippen LogP contribution in [0, 0.1) is 0 Å². The number of H-pyrrole nitrogens is 1. The molecule has 4 aromatic rings. The summed E-state index contributed by atoms with van der Waals surface area (Å²) in [6.45, 7) is 2.55. The lowest BCUT2D eigenvalue weighted by atomic mass is 10.1. The number of aromatic amines is 1. The molecule has 0 aliphatic carbocycles. The maximum atomic E-state index is 12.4. The van der Waals surface area contributed by atoms with E-state index in [9.17, 15) is 4.79 Å². The van der Waals surface area contributed by atoms with Crippen LogP contribution in [-0.2, 0) is 11.3 Å². The van der Waals surface area contributed by atoms with E-state index >= 15 is 0 Å². The summed E-state index contributed by atoms with van der Waals surface area (Å²) in [5.41, 5.74) is 3.86. The van der Waals surface area contributed by atoms with Gasteiger partial charge in [-0.25, -0.2) is 0 Å². The van der Waals surface area contributed by atoms with E-state index in [0.717, 1.165) is 17.0 Å². The number of pyridine rings is 2. The van der Waals surface area contributed by atoms with Crippen LogP contribution in [-0.4, -0.2) is 36.8 Å². The molecule has 0 radical (unpaired) electrons. The molecule has 0 bridgehead atoms. The van der Waals surface area contributed by atoms with Crippen molar-refractivity contribution in [3.8, 4) is 5.75 Å². The van der Waals surface area contributed by atoms with E-state index in [1.807, 2.05) is 24.4 Å². The first-order valence-corrected chi connectivity index (χ1v) is 13.7. The summed E-state index contributed by atoms with van der Waals surface area (Å²) < 4.78 is 11.7. The van der Waals surface area contributed by atoms with E-state index in [1.165, 1.54) is 25.1 Å². The van der Waals surface area contributed by atoms with Crippen molar-refractivity contribution in [1.29, 1.82) is 0 Å². The Hall–Kier alpha value is -3.40. The van der Waals surface area contributed by atoms with Crippen molar-refractivity contribution in [2.24, 2.45) is 0 Å². The lowest BCUT2D eigenvalue weighted by Gasteiger charge is -2.35. The molecule has 1 saturated heterocycles. The van der Waals surface area contributed by atoms with Crippen molar-refractivity contribution < 1.29 is 9.47 Å². The highest BCUT2D eigenvalue weighted by Crippen LogP contribution is 2.51. The fourth-order valence-electron chi connectivity index (χ4n) is 4.65. The Bertz CT molecular complexity index is 1490. The summed E-state index contributed by atoms with van der Waals surface area (Å²) in [6.07, 6.45) is 5.13. The monoisotopic (exact) mass is 530 g/mol. The molecule has 7 nitrogen and oxygen atoms in total. The number of hydrogen-bond acceptors (Lipinski definition) is 8. The predicted molar refractivity (Wildman–Crippen MR) is 147 cm³/mol. The summed E-state index contributed by atoms with van der Waals surface area (Å²) in [6, 6.07) is 18.5. The van der Waals surface area contributed by atoms with E-state index in [0.29, 0.717) is 31.9 Å². The highest BCUT2D eigenvalue weighted by Gasteiger charge is 2.29. The number of nitrogens with zero attached hydrogens (tertiary/aromatic N) is 2. The number of aromatic nitrogens is 2. The molecule has 1 unspecified atom stereocenters. The Morgan fingerprint density at radius 1 is 1.14 bits per heavy atom. The molecule has 0 amide bonds. The zero-order valence-electron chi connectivity index (χ0n) is 20.3. The smallest absolute Gasteiger partial charge is 0.271 e. The number of nitrogens with one attached hydrogen (secondary N) is 2. The van der Waals surface area contributed by atoms with Gasteiger partial charge in [-0.3, -0.25) is 9.78 Å². The van der Waals surface area contributed by atoms with E-state index in [2.05, 4.69) is 56.6 Å². The Kier molecular flexibility index (Phi) is 6.82. The van der Waals surface area contributed by atoms with Gasteiger partial charge in [0.15, 0.2) is 0 Å². The molecule has 6 rings (SSSR count). The van der Waals surface area contributed by atoms with Crippen LogP contribution < -0.4 is 20.5 Å². The first-order valence-electron chi connectivity index (χ1n) is 12.1. The number of methoxy groups -OCH3 is 1. The summed E-state index contributed by atoms with van der Waals surface area (Å²) in [5.74, 6) is 0.826. The van der Waals surface area contributed by atoms with Crippen LogP contribution in [0.4, 0.5) is 11.4 Å². The second-order valence-corrected chi connectivity index (χ2v) is 10.9. The molecule has 4 heterocycles. The van der Waals surface area contributed by atoms with Crippen LogP contribution in [0.2, 0.25) is 0 Å². The van der Waals surface area contributed by atoms with Crippen LogP contribution >= 0.6 is 23.5 Å². The molecule has 1 fully saturated rings. The Morgan fingerprint density at radius 3 is 2.97 bits per heavy atom. The molecule has 1 atom stereocenters. The third kappa shape index (κ3) is 4.94. The van der Waals surface area contributed by atoms with Crippen LogP contribution in [0.5, 0.6) is 5.75 Å². The third-order valence-electron chi connectivity index (χ3n) is 6.50. The summed E-state index contributed by atoms with van der Waals surface area (Å²) in [4.78, 5) is 26.4. The van der Waals surface area contributed by atoms with Crippen molar-refractivity contribution in [3.05, 3.63) is 94.7 Å². The average molecular weight is 531 g/mol. The topological polar surface area (TPSA) is 79.5 Å². The second-order valence-electron chi connectivity index (χ2n) is 8.77. The molecule has 0 saturated carbocycles. The SMILES string of the molecule is COc1ccncc1CNc1ccc2c(c1)Sc1cccc(C3CN(c4ccc[nH]c4=O)CCO3)c1S2. The molecule has 37 heavy (non-hydrogen) atoms. The lowest BCUT2D eigenvalue weighted by Crippen LogP contribution is -2.41. The van der Waals surface area contributed by atoms with Gasteiger partial charge in [0.25, 0.3) is 5.56 Å². The second kappa shape index (κ2) is 10.5. The number of hydrogen-bond donors (Lipinski definition) is 2. The number of anilines is 2. The molecule has 2 aliphatic rings. The van der Waals surface area contributed by atoms with Gasteiger partial charge in [0.05, 0.1) is 13.7 Å². The highest BCUT2D eigenvalue weighted by atomic mass is 32.2. The molecule has 2 N–H and O–H groups in total. The van der Waals surface area contributed by atoms with Crippen molar-refractivity contribution in [2.75, 3.05) is 37.0 Å². The van der Waals surface area contributed by atoms with Gasteiger partial charge in [0.2, 0.25) is 0 Å². The lowest BCUT2D eigenvalue weighted by molar-refractivity contribution is 0.0378. The molecule has 2 aromatic carbocycles. The molecule has 2 aliphatic heterocycles. The largest absolute Gasteiger partial charge is 0.496 e. The zero-order chi connectivity index (χ0) is 25.2. The average Bonchev–Trinajstić information content (AvgIpc) is 2.95. The maximum absolute atomic E-state index is 12.4. The molecule has 188 valence electrons. The number of fused-ring (bicyclic) bond motifs is 2. The number of benzene rings is 2. The third-order valence-corrected chi connectivity index (χ3v) is 9.11. The van der Waals surface area contributed by atoms with E-state index in [4.69, 9.17) is 9.47 Å². The van der Waals surface area contributed by atoms with Gasteiger partial charge in [0.1, 0.15) is 17.5 Å². The molecule has 0 spiro atoms. The van der Waals surface area contributed by atoms with Crippen LogP contribution in [0.15, 0.2) is 97.6 Å². The first kappa shape index (κ1) is 24.0. The Balaban J connectivity index is 1.21. The normalized spacial score (nSPS) is 16.6. The van der Waals surface area contributed by atoms with Gasteiger partial charge >= 0.3 is 0 Å². The highest BCUT2D eigenvalue weighted by molar-refractivity contribution is 8.05. The van der Waals surface area contributed by atoms with Gasteiger partial charge in [-0.1, -0.05) is 35.7 Å². The zero-order valence-corrected chi connectivity index (χ0v) is 21.9. The molecular weight excluding hydrogens is 504 g/mol. The summed E-state index contributed by atoms with van der Waals surface area (Å²) in [5, 5.41) is 3.50. The van der Waals surface area contributed by atoms with Gasteiger partial charge in [0, 0.05) is 69.1 Å². The van der Waals surface area contributed by atoms with Crippen molar-refractivity contribution in [1.82, 2.24) is 9.97 Å². The van der Waals surface area contributed by atoms with Gasteiger partial charge < -0.3 is 24.7 Å². The Morgan fingerprint density at radius 2 is 2.08 bits per heavy atom. The van der Waals surface area contributed by atoms with Gasteiger partial charge in [-0.15, -0.1) is 0 Å². The summed E-state index contributed by atoms with van der Waals surface area (Å²) >= 11 is 3.57. The van der Waals surface area contributed by atoms with Crippen molar-refractivity contribution in [3.63, 3.8) is 0 Å². The quantitative estimate of drug-likeness (QED) is 0.294. The molecule has 2 aromatic heterocycles. The summed E-state index contributed by atoms with van der Waals surface area (Å²) in [7, 11) is 1.68. The first-order chi connectivity index (χ1) is 18.2. The van der Waals surface area contributed by atoms with E-state index < -0.39 is 0 Å². The minimum absolute atomic E-state index is 0.0662. The molecular formula is C28H26N4O3S2.